The first kappa shape index (κ1) is 12.9. The minimum atomic E-state index is 0.110. The van der Waals surface area contributed by atoms with E-state index >= 15 is 0 Å². The number of carbonyl (C=O) groups excluding carboxylic acids is 1. The average molecular weight is 248 g/mol. The van der Waals surface area contributed by atoms with Crippen molar-refractivity contribution in [1.82, 2.24) is 4.90 Å². The molecule has 4 nitrogen and oxygen atoms in total. The average Bonchev–Trinajstić information content (AvgIpc) is 2.70. The van der Waals surface area contributed by atoms with Crippen molar-refractivity contribution < 1.29 is 9.53 Å². The number of carbonyl (C=O) groups is 1. The molecule has 0 bridgehead atoms. The molecule has 0 spiro atoms. The van der Waals surface area contributed by atoms with Crippen molar-refractivity contribution in [2.75, 3.05) is 20.2 Å². The SMILES string of the molecule is COc1cccc(CC(=O)N2CC(C)C(N)C2)c1. The van der Waals surface area contributed by atoms with E-state index in [9.17, 15) is 4.79 Å². The molecule has 2 rings (SSSR count). The monoisotopic (exact) mass is 248 g/mol. The number of hydrogen-bond acceptors (Lipinski definition) is 3. The molecule has 1 aliphatic rings. The molecule has 2 N–H and O–H groups in total. The van der Waals surface area contributed by atoms with Crippen LogP contribution in [0, 0.1) is 5.92 Å². The molecule has 1 amide bonds. The standard InChI is InChI=1S/C14H20N2O2/c1-10-8-16(9-13(10)15)14(17)7-11-4-3-5-12(6-11)18-2/h3-6,10,13H,7-9,15H2,1-2H3. The van der Waals surface area contributed by atoms with Gasteiger partial charge in [0.15, 0.2) is 0 Å². The van der Waals surface area contributed by atoms with E-state index in [1.54, 1.807) is 7.11 Å². The van der Waals surface area contributed by atoms with Crippen LogP contribution >= 0.6 is 0 Å². The molecule has 1 aromatic rings. The Morgan fingerprint density at radius 3 is 2.89 bits per heavy atom. The minimum Gasteiger partial charge on any atom is -0.497 e. The smallest absolute Gasteiger partial charge is 0.227 e. The van der Waals surface area contributed by atoms with Gasteiger partial charge in [0.2, 0.25) is 5.91 Å². The Bertz CT molecular complexity index is 424. The molecule has 98 valence electrons. The Hall–Kier alpha value is -1.55. The van der Waals surface area contributed by atoms with Crippen LogP contribution in [-0.2, 0) is 11.2 Å². The molecular weight excluding hydrogens is 228 g/mol. The van der Waals surface area contributed by atoms with Gasteiger partial charge in [0.05, 0.1) is 13.5 Å². The molecule has 0 saturated carbocycles. The van der Waals surface area contributed by atoms with E-state index < -0.39 is 0 Å². The third-order valence-electron chi connectivity index (χ3n) is 3.51. The van der Waals surface area contributed by atoms with Crippen molar-refractivity contribution >= 4 is 5.91 Å². The summed E-state index contributed by atoms with van der Waals surface area (Å²) in [5, 5.41) is 0. The zero-order valence-electron chi connectivity index (χ0n) is 10.9. The Labute approximate surface area is 108 Å². The largest absolute Gasteiger partial charge is 0.497 e. The lowest BCUT2D eigenvalue weighted by atomic mass is 10.1. The van der Waals surface area contributed by atoms with Crippen LogP contribution in [0.15, 0.2) is 24.3 Å². The molecule has 0 aromatic heterocycles. The van der Waals surface area contributed by atoms with Gasteiger partial charge in [-0.2, -0.15) is 0 Å². The maximum Gasteiger partial charge on any atom is 0.227 e. The minimum absolute atomic E-state index is 0.110. The first-order valence-corrected chi connectivity index (χ1v) is 6.26. The van der Waals surface area contributed by atoms with Crippen LogP contribution in [0.3, 0.4) is 0 Å². The number of benzene rings is 1. The van der Waals surface area contributed by atoms with Gasteiger partial charge in [0.1, 0.15) is 5.75 Å². The molecular formula is C14H20N2O2. The summed E-state index contributed by atoms with van der Waals surface area (Å²) in [6.07, 6.45) is 0.413. The lowest BCUT2D eigenvalue weighted by Crippen LogP contribution is -2.33. The van der Waals surface area contributed by atoms with E-state index in [0.29, 0.717) is 18.9 Å². The molecule has 18 heavy (non-hydrogen) atoms. The maximum absolute atomic E-state index is 12.1. The number of ether oxygens (including phenoxy) is 1. The Balaban J connectivity index is 1.99. The number of rotatable bonds is 3. The van der Waals surface area contributed by atoms with E-state index in [-0.39, 0.29) is 11.9 Å². The van der Waals surface area contributed by atoms with E-state index in [4.69, 9.17) is 10.5 Å². The van der Waals surface area contributed by atoms with Crippen LogP contribution in [0.4, 0.5) is 0 Å². The number of nitrogens with zero attached hydrogens (tertiary/aromatic N) is 1. The van der Waals surface area contributed by atoms with Crippen LogP contribution in [-0.4, -0.2) is 37.0 Å². The molecule has 0 aliphatic carbocycles. The van der Waals surface area contributed by atoms with Gasteiger partial charge in [-0.05, 0) is 23.6 Å². The van der Waals surface area contributed by atoms with Crippen LogP contribution < -0.4 is 10.5 Å². The first-order chi connectivity index (χ1) is 8.60. The fraction of sp³-hybridized carbons (Fsp3) is 0.500. The predicted molar refractivity (Wildman–Crippen MR) is 70.4 cm³/mol. The van der Waals surface area contributed by atoms with Gasteiger partial charge in [-0.1, -0.05) is 19.1 Å². The molecule has 4 heteroatoms. The van der Waals surface area contributed by atoms with Crippen molar-refractivity contribution in [3.8, 4) is 5.75 Å². The fourth-order valence-electron chi connectivity index (χ4n) is 2.26. The number of hydrogen-bond donors (Lipinski definition) is 1. The van der Waals surface area contributed by atoms with Crippen LogP contribution in [0.25, 0.3) is 0 Å². The summed E-state index contributed by atoms with van der Waals surface area (Å²) in [5.41, 5.74) is 6.91. The van der Waals surface area contributed by atoms with Crippen molar-refractivity contribution in [3.05, 3.63) is 29.8 Å². The molecule has 1 aromatic carbocycles. The number of likely N-dealkylation sites (tertiary alicyclic amines) is 1. The van der Waals surface area contributed by atoms with Crippen molar-refractivity contribution in [2.24, 2.45) is 11.7 Å². The second kappa shape index (κ2) is 5.40. The van der Waals surface area contributed by atoms with Crippen LogP contribution in [0.2, 0.25) is 0 Å². The molecule has 0 radical (unpaired) electrons. The van der Waals surface area contributed by atoms with Gasteiger partial charge in [-0.25, -0.2) is 0 Å². The quantitative estimate of drug-likeness (QED) is 0.869. The van der Waals surface area contributed by atoms with Gasteiger partial charge >= 0.3 is 0 Å². The predicted octanol–water partition coefficient (Wildman–Crippen LogP) is 1.04. The van der Waals surface area contributed by atoms with E-state index in [0.717, 1.165) is 17.9 Å². The highest BCUT2D eigenvalue weighted by atomic mass is 16.5. The molecule has 1 fully saturated rings. The van der Waals surface area contributed by atoms with Gasteiger partial charge in [-0.15, -0.1) is 0 Å². The second-order valence-corrected chi connectivity index (χ2v) is 4.97. The molecule has 2 atom stereocenters. The summed E-state index contributed by atoms with van der Waals surface area (Å²) in [4.78, 5) is 14.0. The molecule has 1 aliphatic heterocycles. The maximum atomic E-state index is 12.1. The molecule has 2 unspecified atom stereocenters. The second-order valence-electron chi connectivity index (χ2n) is 4.97. The van der Waals surface area contributed by atoms with E-state index in [1.165, 1.54) is 0 Å². The fourth-order valence-corrected chi connectivity index (χ4v) is 2.26. The van der Waals surface area contributed by atoms with Gasteiger partial charge in [-0.3, -0.25) is 4.79 Å². The van der Waals surface area contributed by atoms with Gasteiger partial charge in [0.25, 0.3) is 0 Å². The van der Waals surface area contributed by atoms with E-state index in [1.807, 2.05) is 29.2 Å². The Kier molecular flexibility index (Phi) is 3.87. The topological polar surface area (TPSA) is 55.6 Å². The molecule has 1 heterocycles. The van der Waals surface area contributed by atoms with Crippen molar-refractivity contribution in [2.45, 2.75) is 19.4 Å². The van der Waals surface area contributed by atoms with Gasteiger partial charge in [0, 0.05) is 19.1 Å². The van der Waals surface area contributed by atoms with Crippen LogP contribution in [0.5, 0.6) is 5.75 Å². The molecule has 1 saturated heterocycles. The number of methoxy groups -OCH3 is 1. The highest BCUT2D eigenvalue weighted by Crippen LogP contribution is 2.17. The highest BCUT2D eigenvalue weighted by molar-refractivity contribution is 5.79. The summed E-state index contributed by atoms with van der Waals surface area (Å²) in [7, 11) is 1.63. The van der Waals surface area contributed by atoms with Gasteiger partial charge < -0.3 is 15.4 Å². The third-order valence-corrected chi connectivity index (χ3v) is 3.51. The summed E-state index contributed by atoms with van der Waals surface area (Å²) in [6, 6.07) is 7.73. The lowest BCUT2D eigenvalue weighted by molar-refractivity contribution is -0.129. The Morgan fingerprint density at radius 2 is 2.28 bits per heavy atom. The highest BCUT2D eigenvalue weighted by Gasteiger charge is 2.29. The summed E-state index contributed by atoms with van der Waals surface area (Å²) in [5.74, 6) is 1.31. The third kappa shape index (κ3) is 2.82. The summed E-state index contributed by atoms with van der Waals surface area (Å²) in [6.45, 7) is 3.53. The zero-order chi connectivity index (χ0) is 13.1. The van der Waals surface area contributed by atoms with Crippen LogP contribution in [0.1, 0.15) is 12.5 Å². The van der Waals surface area contributed by atoms with Crippen molar-refractivity contribution in [3.63, 3.8) is 0 Å². The normalized spacial score (nSPS) is 23.2. The van der Waals surface area contributed by atoms with Crippen molar-refractivity contribution in [1.29, 1.82) is 0 Å². The Morgan fingerprint density at radius 1 is 1.50 bits per heavy atom. The summed E-state index contributed by atoms with van der Waals surface area (Å²) < 4.78 is 5.15. The lowest BCUT2D eigenvalue weighted by Gasteiger charge is -2.16. The summed E-state index contributed by atoms with van der Waals surface area (Å²) >= 11 is 0. The zero-order valence-corrected chi connectivity index (χ0v) is 10.9. The van der Waals surface area contributed by atoms with E-state index in [2.05, 4.69) is 6.92 Å². The first-order valence-electron chi connectivity index (χ1n) is 6.26. The number of nitrogens with two attached hydrogens (primary N) is 1. The number of amides is 1.